The van der Waals surface area contributed by atoms with Crippen LogP contribution >= 0.6 is 0 Å². The molecule has 0 spiro atoms. The Morgan fingerprint density at radius 3 is 3.12 bits per heavy atom. The van der Waals surface area contributed by atoms with Gasteiger partial charge in [-0.15, -0.1) is 0 Å². The summed E-state index contributed by atoms with van der Waals surface area (Å²) in [6, 6.07) is 3.89. The van der Waals surface area contributed by atoms with Gasteiger partial charge < -0.3 is 10.6 Å². The number of likely N-dealkylation sites (tertiary alicyclic amines) is 1. The normalized spacial score (nSPS) is 20.6. The van der Waals surface area contributed by atoms with E-state index < -0.39 is 0 Å². The monoisotopic (exact) mass is 217 g/mol. The van der Waals surface area contributed by atoms with E-state index in [0.717, 1.165) is 18.5 Å². The Labute approximate surface area is 94.8 Å². The van der Waals surface area contributed by atoms with E-state index in [0.29, 0.717) is 6.54 Å². The van der Waals surface area contributed by atoms with Crippen LogP contribution < -0.4 is 5.73 Å². The van der Waals surface area contributed by atoms with Crippen LogP contribution in [0.1, 0.15) is 12.0 Å². The lowest BCUT2D eigenvalue weighted by Crippen LogP contribution is -2.30. The molecule has 1 saturated heterocycles. The van der Waals surface area contributed by atoms with Crippen molar-refractivity contribution in [2.75, 3.05) is 13.1 Å². The molecule has 84 valence electrons. The molecule has 0 saturated carbocycles. The number of carbonyl (C=O) groups is 1. The van der Waals surface area contributed by atoms with Crippen molar-refractivity contribution in [1.29, 1.82) is 0 Å². The molecule has 0 aliphatic carbocycles. The number of hydrogen-bond donors (Lipinski definition) is 1. The highest BCUT2D eigenvalue weighted by Gasteiger charge is 2.21. The highest BCUT2D eigenvalue weighted by Crippen LogP contribution is 2.08. The van der Waals surface area contributed by atoms with Gasteiger partial charge in [-0.05, 0) is 24.1 Å². The number of rotatable bonds is 2. The van der Waals surface area contributed by atoms with Crippen LogP contribution in [0.15, 0.2) is 30.6 Å². The fraction of sp³-hybridized carbons (Fsp3) is 0.333. The maximum Gasteiger partial charge on any atom is 0.246 e. The SMILES string of the molecule is N[C@H]1CCN(C(=O)/C=C/c2cccnc2)C1. The molecular weight excluding hydrogens is 202 g/mol. The van der Waals surface area contributed by atoms with Crippen LogP contribution in [-0.4, -0.2) is 34.9 Å². The molecule has 4 heteroatoms. The molecule has 0 bridgehead atoms. The van der Waals surface area contributed by atoms with Gasteiger partial charge in [0.1, 0.15) is 0 Å². The second-order valence-electron chi connectivity index (χ2n) is 3.95. The first kappa shape index (κ1) is 10.8. The number of nitrogens with two attached hydrogens (primary N) is 1. The number of amides is 1. The molecule has 0 radical (unpaired) electrons. The largest absolute Gasteiger partial charge is 0.338 e. The van der Waals surface area contributed by atoms with Crippen LogP contribution in [0.25, 0.3) is 6.08 Å². The Bertz CT molecular complexity index is 389. The molecule has 1 aromatic heterocycles. The van der Waals surface area contributed by atoms with Gasteiger partial charge in [0.15, 0.2) is 0 Å². The van der Waals surface area contributed by atoms with E-state index in [4.69, 9.17) is 5.73 Å². The van der Waals surface area contributed by atoms with E-state index in [1.165, 1.54) is 0 Å². The molecule has 1 fully saturated rings. The highest BCUT2D eigenvalue weighted by atomic mass is 16.2. The van der Waals surface area contributed by atoms with Crippen LogP contribution in [0, 0.1) is 0 Å². The van der Waals surface area contributed by atoms with Gasteiger partial charge in [-0.3, -0.25) is 9.78 Å². The second kappa shape index (κ2) is 4.90. The Morgan fingerprint density at radius 2 is 2.50 bits per heavy atom. The molecule has 4 nitrogen and oxygen atoms in total. The minimum atomic E-state index is 0.0248. The van der Waals surface area contributed by atoms with Crippen LogP contribution in [0.4, 0.5) is 0 Å². The topological polar surface area (TPSA) is 59.2 Å². The predicted octanol–water partition coefficient (Wildman–Crippen LogP) is 0.654. The summed E-state index contributed by atoms with van der Waals surface area (Å²) in [7, 11) is 0. The lowest BCUT2D eigenvalue weighted by Gasteiger charge is -2.12. The molecule has 0 aromatic carbocycles. The molecule has 0 unspecified atom stereocenters. The number of pyridine rings is 1. The third-order valence-electron chi connectivity index (χ3n) is 2.64. The summed E-state index contributed by atoms with van der Waals surface area (Å²) in [5, 5.41) is 0. The van der Waals surface area contributed by atoms with Gasteiger partial charge in [0, 0.05) is 37.6 Å². The molecule has 1 amide bonds. The maximum absolute atomic E-state index is 11.7. The van der Waals surface area contributed by atoms with Crippen molar-refractivity contribution in [3.63, 3.8) is 0 Å². The Hall–Kier alpha value is -1.68. The number of nitrogens with zero attached hydrogens (tertiary/aromatic N) is 2. The average molecular weight is 217 g/mol. The summed E-state index contributed by atoms with van der Waals surface area (Å²) in [5.41, 5.74) is 6.67. The predicted molar refractivity (Wildman–Crippen MR) is 62.4 cm³/mol. The minimum Gasteiger partial charge on any atom is -0.338 e. The van der Waals surface area contributed by atoms with Crippen molar-refractivity contribution in [1.82, 2.24) is 9.88 Å². The van der Waals surface area contributed by atoms with Gasteiger partial charge in [0.05, 0.1) is 0 Å². The summed E-state index contributed by atoms with van der Waals surface area (Å²) >= 11 is 0. The van der Waals surface area contributed by atoms with Gasteiger partial charge in [-0.1, -0.05) is 6.07 Å². The smallest absolute Gasteiger partial charge is 0.246 e. The van der Waals surface area contributed by atoms with Crippen molar-refractivity contribution in [2.45, 2.75) is 12.5 Å². The van der Waals surface area contributed by atoms with E-state index in [-0.39, 0.29) is 11.9 Å². The molecule has 1 aliphatic rings. The number of aromatic nitrogens is 1. The standard InChI is InChI=1S/C12H15N3O/c13-11-5-7-15(9-11)12(16)4-3-10-2-1-6-14-8-10/h1-4,6,8,11H,5,7,9,13H2/b4-3+/t11-/m0/s1. The molecule has 1 atom stereocenters. The van der Waals surface area contributed by atoms with Crippen LogP contribution in [0.5, 0.6) is 0 Å². The molecule has 2 N–H and O–H groups in total. The van der Waals surface area contributed by atoms with Crippen molar-refractivity contribution in [2.24, 2.45) is 5.73 Å². The lowest BCUT2D eigenvalue weighted by atomic mass is 10.2. The van der Waals surface area contributed by atoms with Crippen LogP contribution in [-0.2, 0) is 4.79 Å². The zero-order valence-corrected chi connectivity index (χ0v) is 9.04. The Kier molecular flexibility index (Phi) is 3.31. The first-order chi connectivity index (χ1) is 7.75. The minimum absolute atomic E-state index is 0.0248. The molecule has 16 heavy (non-hydrogen) atoms. The summed E-state index contributed by atoms with van der Waals surface area (Å²) in [5.74, 6) is 0.0248. The Morgan fingerprint density at radius 1 is 1.62 bits per heavy atom. The first-order valence-corrected chi connectivity index (χ1v) is 5.38. The van der Waals surface area contributed by atoms with Crippen molar-refractivity contribution in [3.8, 4) is 0 Å². The van der Waals surface area contributed by atoms with Crippen LogP contribution in [0.3, 0.4) is 0 Å². The number of carbonyl (C=O) groups excluding carboxylic acids is 1. The van der Waals surface area contributed by atoms with Crippen LogP contribution in [0.2, 0.25) is 0 Å². The quantitative estimate of drug-likeness (QED) is 0.740. The van der Waals surface area contributed by atoms with E-state index >= 15 is 0 Å². The van der Waals surface area contributed by atoms with E-state index in [9.17, 15) is 4.79 Å². The van der Waals surface area contributed by atoms with Crippen molar-refractivity contribution in [3.05, 3.63) is 36.2 Å². The second-order valence-corrected chi connectivity index (χ2v) is 3.95. The van der Waals surface area contributed by atoms with Crippen molar-refractivity contribution < 1.29 is 4.79 Å². The van der Waals surface area contributed by atoms with Gasteiger partial charge >= 0.3 is 0 Å². The third-order valence-corrected chi connectivity index (χ3v) is 2.64. The Balaban J connectivity index is 1.95. The molecular formula is C12H15N3O. The average Bonchev–Trinajstić information content (AvgIpc) is 2.74. The highest BCUT2D eigenvalue weighted by molar-refractivity contribution is 5.91. The van der Waals surface area contributed by atoms with Gasteiger partial charge in [0.2, 0.25) is 5.91 Å². The zero-order chi connectivity index (χ0) is 11.4. The van der Waals surface area contributed by atoms with E-state index in [2.05, 4.69) is 4.98 Å². The molecule has 2 heterocycles. The van der Waals surface area contributed by atoms with Crippen molar-refractivity contribution >= 4 is 12.0 Å². The molecule has 2 rings (SSSR count). The summed E-state index contributed by atoms with van der Waals surface area (Å²) in [6.07, 6.45) is 7.68. The maximum atomic E-state index is 11.7. The van der Waals surface area contributed by atoms with Gasteiger partial charge in [-0.2, -0.15) is 0 Å². The zero-order valence-electron chi connectivity index (χ0n) is 9.04. The fourth-order valence-corrected chi connectivity index (χ4v) is 1.73. The third kappa shape index (κ3) is 2.67. The summed E-state index contributed by atoms with van der Waals surface area (Å²) < 4.78 is 0. The summed E-state index contributed by atoms with van der Waals surface area (Å²) in [4.78, 5) is 17.5. The van der Waals surface area contributed by atoms with Gasteiger partial charge in [0.25, 0.3) is 0 Å². The molecule has 1 aromatic rings. The van der Waals surface area contributed by atoms with E-state index in [1.54, 1.807) is 29.4 Å². The number of hydrogen-bond acceptors (Lipinski definition) is 3. The summed E-state index contributed by atoms with van der Waals surface area (Å²) in [6.45, 7) is 1.42. The first-order valence-electron chi connectivity index (χ1n) is 5.38. The molecule has 1 aliphatic heterocycles. The van der Waals surface area contributed by atoms with Gasteiger partial charge in [-0.25, -0.2) is 0 Å². The fourth-order valence-electron chi connectivity index (χ4n) is 1.73. The lowest BCUT2D eigenvalue weighted by molar-refractivity contribution is -0.124. The van der Waals surface area contributed by atoms with E-state index in [1.807, 2.05) is 12.1 Å².